The number of terminal acetylenes is 1. The molecule has 0 saturated carbocycles. The summed E-state index contributed by atoms with van der Waals surface area (Å²) >= 11 is 0. The Morgan fingerprint density at radius 3 is 2.93 bits per heavy atom. The Bertz CT molecular complexity index is 412. The van der Waals surface area contributed by atoms with Crippen molar-refractivity contribution >= 4 is 11.7 Å². The normalized spacial score (nSPS) is 9.33. The van der Waals surface area contributed by atoms with Gasteiger partial charge in [0.15, 0.2) is 0 Å². The number of rotatable bonds is 4. The molecule has 0 radical (unpaired) electrons. The average molecular weight is 209 g/mol. The fourth-order valence-corrected chi connectivity index (χ4v) is 0.913. The summed E-state index contributed by atoms with van der Waals surface area (Å²) in [7, 11) is 0. The Morgan fingerprint density at radius 2 is 2.40 bits per heavy atom. The van der Waals surface area contributed by atoms with E-state index in [1.54, 1.807) is 0 Å². The smallest absolute Gasteiger partial charge is 0.338 e. The molecular formula is C10H8FNO3. The van der Waals surface area contributed by atoms with Crippen LogP contribution in [-0.4, -0.2) is 17.7 Å². The van der Waals surface area contributed by atoms with E-state index in [9.17, 15) is 9.18 Å². The summed E-state index contributed by atoms with van der Waals surface area (Å²) in [5.41, 5.74) is 2.28. The molecule has 0 aliphatic rings. The van der Waals surface area contributed by atoms with Crippen molar-refractivity contribution < 1.29 is 19.1 Å². The van der Waals surface area contributed by atoms with Gasteiger partial charge < -0.3 is 5.11 Å². The Balaban J connectivity index is 2.74. The molecule has 2 N–H and O–H groups in total. The van der Waals surface area contributed by atoms with Crippen LogP contribution in [0.1, 0.15) is 10.4 Å². The lowest BCUT2D eigenvalue weighted by atomic mass is 10.2. The highest BCUT2D eigenvalue weighted by Gasteiger charge is 2.09. The first-order chi connectivity index (χ1) is 7.15. The quantitative estimate of drug-likeness (QED) is 0.448. The van der Waals surface area contributed by atoms with E-state index in [0.717, 1.165) is 12.1 Å². The van der Waals surface area contributed by atoms with Crippen LogP contribution in [0.4, 0.5) is 10.1 Å². The number of benzene rings is 1. The van der Waals surface area contributed by atoms with Gasteiger partial charge in [-0.15, -0.1) is 6.42 Å². The molecule has 0 unspecified atom stereocenters. The van der Waals surface area contributed by atoms with Crippen LogP contribution in [-0.2, 0) is 4.84 Å². The fraction of sp³-hybridized carbons (Fsp3) is 0.100. The molecule has 1 aromatic rings. The molecule has 0 aromatic heterocycles. The van der Waals surface area contributed by atoms with E-state index >= 15 is 0 Å². The Labute approximate surface area is 85.6 Å². The third-order valence-electron chi connectivity index (χ3n) is 1.55. The molecule has 0 atom stereocenters. The maximum Gasteiger partial charge on any atom is 0.338 e. The zero-order valence-electron chi connectivity index (χ0n) is 7.66. The number of aromatic carboxylic acids is 1. The second-order valence-corrected chi connectivity index (χ2v) is 2.59. The Hall–Kier alpha value is -2.06. The first-order valence-electron chi connectivity index (χ1n) is 3.99. The SMILES string of the molecule is C#CCONc1ccc(C(=O)O)c(F)c1. The maximum absolute atomic E-state index is 13.1. The van der Waals surface area contributed by atoms with Gasteiger partial charge in [0, 0.05) is 6.07 Å². The summed E-state index contributed by atoms with van der Waals surface area (Å²) in [6.45, 7) is 0.0301. The van der Waals surface area contributed by atoms with Crippen LogP contribution in [0, 0.1) is 18.2 Å². The van der Waals surface area contributed by atoms with E-state index in [-0.39, 0.29) is 6.61 Å². The molecule has 0 spiro atoms. The van der Waals surface area contributed by atoms with Crippen LogP contribution < -0.4 is 5.48 Å². The molecule has 1 rings (SSSR count). The van der Waals surface area contributed by atoms with Crippen molar-refractivity contribution in [2.45, 2.75) is 0 Å². The van der Waals surface area contributed by atoms with Crippen molar-refractivity contribution in [3.8, 4) is 12.3 Å². The van der Waals surface area contributed by atoms with Crippen LogP contribution in [0.15, 0.2) is 18.2 Å². The van der Waals surface area contributed by atoms with E-state index in [4.69, 9.17) is 16.4 Å². The molecule has 0 saturated heterocycles. The second kappa shape index (κ2) is 4.98. The molecular weight excluding hydrogens is 201 g/mol. The number of carboxylic acid groups (broad SMARTS) is 1. The summed E-state index contributed by atoms with van der Waals surface area (Å²) in [4.78, 5) is 15.2. The van der Waals surface area contributed by atoms with E-state index in [1.165, 1.54) is 6.07 Å². The highest BCUT2D eigenvalue weighted by molar-refractivity contribution is 5.88. The first kappa shape index (κ1) is 11.0. The van der Waals surface area contributed by atoms with Crippen LogP contribution in [0.2, 0.25) is 0 Å². The molecule has 5 heteroatoms. The van der Waals surface area contributed by atoms with E-state index in [1.807, 2.05) is 0 Å². The Morgan fingerprint density at radius 1 is 1.67 bits per heavy atom. The lowest BCUT2D eigenvalue weighted by Crippen LogP contribution is -2.04. The Kier molecular flexibility index (Phi) is 3.66. The second-order valence-electron chi connectivity index (χ2n) is 2.59. The van der Waals surface area contributed by atoms with Crippen molar-refractivity contribution in [2.75, 3.05) is 12.1 Å². The van der Waals surface area contributed by atoms with Gasteiger partial charge in [-0.25, -0.2) is 9.18 Å². The molecule has 0 heterocycles. The van der Waals surface area contributed by atoms with Crippen molar-refractivity contribution in [1.29, 1.82) is 0 Å². The van der Waals surface area contributed by atoms with Gasteiger partial charge in [0.1, 0.15) is 12.4 Å². The molecule has 0 aliphatic carbocycles. The van der Waals surface area contributed by atoms with Crippen molar-refractivity contribution in [2.24, 2.45) is 0 Å². The summed E-state index contributed by atoms with van der Waals surface area (Å²) in [6.07, 6.45) is 4.92. The van der Waals surface area contributed by atoms with Crippen LogP contribution in [0.3, 0.4) is 0 Å². The molecule has 1 aromatic carbocycles. The lowest BCUT2D eigenvalue weighted by molar-refractivity contribution is 0.0692. The predicted octanol–water partition coefficient (Wildman–Crippen LogP) is 1.50. The number of hydrogen-bond acceptors (Lipinski definition) is 3. The van der Waals surface area contributed by atoms with Gasteiger partial charge in [0.05, 0.1) is 11.3 Å². The highest BCUT2D eigenvalue weighted by atomic mass is 19.1. The van der Waals surface area contributed by atoms with Gasteiger partial charge in [0.2, 0.25) is 0 Å². The fourth-order valence-electron chi connectivity index (χ4n) is 0.913. The molecule has 15 heavy (non-hydrogen) atoms. The van der Waals surface area contributed by atoms with Gasteiger partial charge >= 0.3 is 5.97 Å². The number of nitrogens with one attached hydrogen (secondary N) is 1. The lowest BCUT2D eigenvalue weighted by Gasteiger charge is -2.05. The molecule has 4 nitrogen and oxygen atoms in total. The van der Waals surface area contributed by atoms with E-state index in [0.29, 0.717) is 5.69 Å². The zero-order chi connectivity index (χ0) is 11.3. The molecule has 0 fully saturated rings. The monoisotopic (exact) mass is 209 g/mol. The summed E-state index contributed by atoms with van der Waals surface area (Å²) in [5.74, 6) is 0.0572. The summed E-state index contributed by atoms with van der Waals surface area (Å²) in [6, 6.07) is 3.53. The number of hydrogen-bond donors (Lipinski definition) is 2. The average Bonchev–Trinajstić information content (AvgIpc) is 2.17. The first-order valence-corrected chi connectivity index (χ1v) is 3.99. The third kappa shape index (κ3) is 2.97. The van der Waals surface area contributed by atoms with Crippen molar-refractivity contribution in [3.63, 3.8) is 0 Å². The summed E-state index contributed by atoms with van der Waals surface area (Å²) < 4.78 is 13.1. The van der Waals surface area contributed by atoms with Crippen LogP contribution >= 0.6 is 0 Å². The standard InChI is InChI=1S/C10H8FNO3/c1-2-5-15-12-7-3-4-8(10(13)14)9(11)6-7/h1,3-4,6,12H,5H2,(H,13,14). The number of carboxylic acids is 1. The van der Waals surface area contributed by atoms with Crippen molar-refractivity contribution in [3.05, 3.63) is 29.6 Å². The van der Waals surface area contributed by atoms with Crippen LogP contribution in [0.25, 0.3) is 0 Å². The molecule has 0 aliphatic heterocycles. The number of halogens is 1. The van der Waals surface area contributed by atoms with E-state index in [2.05, 4.69) is 11.4 Å². The predicted molar refractivity (Wildman–Crippen MR) is 51.8 cm³/mol. The van der Waals surface area contributed by atoms with Gasteiger partial charge in [-0.3, -0.25) is 10.3 Å². The third-order valence-corrected chi connectivity index (χ3v) is 1.55. The van der Waals surface area contributed by atoms with Crippen LogP contribution in [0.5, 0.6) is 0 Å². The highest BCUT2D eigenvalue weighted by Crippen LogP contribution is 2.14. The van der Waals surface area contributed by atoms with Gasteiger partial charge in [-0.1, -0.05) is 5.92 Å². The van der Waals surface area contributed by atoms with E-state index < -0.39 is 17.3 Å². The number of carbonyl (C=O) groups is 1. The van der Waals surface area contributed by atoms with Gasteiger partial charge in [-0.05, 0) is 12.1 Å². The topological polar surface area (TPSA) is 58.6 Å². The van der Waals surface area contributed by atoms with Gasteiger partial charge in [0.25, 0.3) is 0 Å². The molecule has 0 bridgehead atoms. The minimum Gasteiger partial charge on any atom is -0.478 e. The zero-order valence-corrected chi connectivity index (χ0v) is 7.66. The summed E-state index contributed by atoms with van der Waals surface area (Å²) in [5, 5.41) is 8.55. The van der Waals surface area contributed by atoms with Gasteiger partial charge in [-0.2, -0.15) is 0 Å². The number of anilines is 1. The molecule has 78 valence electrons. The maximum atomic E-state index is 13.1. The van der Waals surface area contributed by atoms with Crippen molar-refractivity contribution in [1.82, 2.24) is 0 Å². The molecule has 0 amide bonds. The minimum absolute atomic E-state index is 0.0301. The minimum atomic E-state index is -1.32. The largest absolute Gasteiger partial charge is 0.478 e.